The molecule has 2 aromatic heterocycles. The molecule has 3 nitrogen and oxygen atoms in total. The third-order valence-corrected chi connectivity index (χ3v) is 1.86. The van der Waals surface area contributed by atoms with Gasteiger partial charge in [-0.2, -0.15) is 5.10 Å². The summed E-state index contributed by atoms with van der Waals surface area (Å²) >= 11 is 0. The molecule has 0 aliphatic heterocycles. The van der Waals surface area contributed by atoms with Crippen LogP contribution in [0, 0.1) is 6.92 Å². The van der Waals surface area contributed by atoms with Gasteiger partial charge in [0, 0.05) is 23.7 Å². The van der Waals surface area contributed by atoms with Gasteiger partial charge in [-0.1, -0.05) is 0 Å². The summed E-state index contributed by atoms with van der Waals surface area (Å²) in [5.74, 6) is 0. The monoisotopic (exact) mass is 172 g/mol. The maximum absolute atomic E-state index is 4.15. The minimum atomic E-state index is 0.729. The molecular weight excluding hydrogens is 162 g/mol. The number of pyridine rings is 1. The molecule has 2 rings (SSSR count). The molecule has 1 radical (unpaired) electrons. The van der Waals surface area contributed by atoms with E-state index in [0.717, 1.165) is 23.4 Å². The summed E-state index contributed by atoms with van der Waals surface area (Å²) in [4.78, 5) is 4.03. The first-order valence-electron chi connectivity index (χ1n) is 4.14. The van der Waals surface area contributed by atoms with E-state index >= 15 is 0 Å². The lowest BCUT2D eigenvalue weighted by Gasteiger charge is -1.91. The van der Waals surface area contributed by atoms with Crippen molar-refractivity contribution in [1.82, 2.24) is 15.2 Å². The first-order chi connectivity index (χ1) is 6.40. The summed E-state index contributed by atoms with van der Waals surface area (Å²) in [6.45, 7) is 3.78. The van der Waals surface area contributed by atoms with E-state index < -0.39 is 0 Å². The molecular formula is C10H10N3. The predicted octanol–water partition coefficient (Wildman–Crippen LogP) is 1.85. The van der Waals surface area contributed by atoms with Gasteiger partial charge in [-0.3, -0.25) is 10.1 Å². The molecule has 0 aromatic carbocycles. The predicted molar refractivity (Wildman–Crippen MR) is 50.9 cm³/mol. The zero-order chi connectivity index (χ0) is 9.10. The fraction of sp³-hybridized carbons (Fsp3) is 0.100. The number of nitrogens with zero attached hydrogens (tertiary/aromatic N) is 2. The summed E-state index contributed by atoms with van der Waals surface area (Å²) in [6.07, 6.45) is 4.27. The number of hydrogen-bond donors (Lipinski definition) is 1. The van der Waals surface area contributed by atoms with E-state index in [2.05, 4.69) is 22.1 Å². The summed E-state index contributed by atoms with van der Waals surface area (Å²) in [6, 6.07) is 5.87. The van der Waals surface area contributed by atoms with E-state index in [-0.39, 0.29) is 0 Å². The average molecular weight is 172 g/mol. The van der Waals surface area contributed by atoms with Gasteiger partial charge in [0.25, 0.3) is 0 Å². The van der Waals surface area contributed by atoms with Crippen LogP contribution in [-0.2, 0) is 6.42 Å². The van der Waals surface area contributed by atoms with Gasteiger partial charge < -0.3 is 0 Å². The van der Waals surface area contributed by atoms with Crippen LogP contribution in [0.2, 0.25) is 0 Å². The highest BCUT2D eigenvalue weighted by Gasteiger charge is 2.01. The Morgan fingerprint density at radius 1 is 1.46 bits per heavy atom. The fourth-order valence-corrected chi connectivity index (χ4v) is 1.15. The van der Waals surface area contributed by atoms with Crippen LogP contribution in [0.15, 0.2) is 30.6 Å². The third kappa shape index (κ3) is 1.59. The third-order valence-electron chi connectivity index (χ3n) is 1.86. The molecule has 1 N–H and O–H groups in total. The van der Waals surface area contributed by atoms with E-state index in [0.29, 0.717) is 0 Å². The Bertz CT molecular complexity index is 378. The lowest BCUT2D eigenvalue weighted by atomic mass is 10.2. The van der Waals surface area contributed by atoms with Crippen LogP contribution in [0.3, 0.4) is 0 Å². The number of H-pyrrole nitrogens is 1. The highest BCUT2D eigenvalue weighted by atomic mass is 15.1. The molecule has 0 saturated carbocycles. The zero-order valence-corrected chi connectivity index (χ0v) is 7.20. The molecule has 0 fully saturated rings. The first-order valence-corrected chi connectivity index (χ1v) is 4.14. The van der Waals surface area contributed by atoms with Gasteiger partial charge in [0.1, 0.15) is 0 Å². The van der Waals surface area contributed by atoms with E-state index in [4.69, 9.17) is 0 Å². The van der Waals surface area contributed by atoms with Crippen molar-refractivity contribution in [2.75, 3.05) is 0 Å². The van der Waals surface area contributed by atoms with E-state index in [1.165, 1.54) is 0 Å². The Balaban J connectivity index is 2.36. The van der Waals surface area contributed by atoms with Crippen LogP contribution in [0.5, 0.6) is 0 Å². The lowest BCUT2D eigenvalue weighted by Crippen LogP contribution is -1.78. The second kappa shape index (κ2) is 3.39. The highest BCUT2D eigenvalue weighted by molar-refractivity contribution is 5.57. The van der Waals surface area contributed by atoms with Crippen molar-refractivity contribution in [2.45, 2.75) is 6.42 Å². The maximum Gasteiger partial charge on any atom is 0.0939 e. The Hall–Kier alpha value is -1.64. The molecule has 65 valence electrons. The van der Waals surface area contributed by atoms with Crippen molar-refractivity contribution >= 4 is 0 Å². The van der Waals surface area contributed by atoms with Crippen LogP contribution in [-0.4, -0.2) is 15.2 Å². The van der Waals surface area contributed by atoms with Crippen LogP contribution < -0.4 is 0 Å². The normalized spacial score (nSPS) is 10.2. The minimum absolute atomic E-state index is 0.729. The topological polar surface area (TPSA) is 41.6 Å². The molecule has 3 heteroatoms. The fourth-order valence-electron chi connectivity index (χ4n) is 1.15. The van der Waals surface area contributed by atoms with Gasteiger partial charge in [-0.05, 0) is 31.5 Å². The maximum atomic E-state index is 4.15. The minimum Gasteiger partial charge on any atom is -0.282 e. The number of aromatic amines is 1. The quantitative estimate of drug-likeness (QED) is 0.751. The van der Waals surface area contributed by atoms with Gasteiger partial charge >= 0.3 is 0 Å². The van der Waals surface area contributed by atoms with Gasteiger partial charge in [-0.15, -0.1) is 0 Å². The second-order valence-electron chi connectivity index (χ2n) is 2.77. The molecule has 0 unspecified atom stereocenters. The second-order valence-corrected chi connectivity index (χ2v) is 2.77. The molecule has 0 aliphatic carbocycles. The van der Waals surface area contributed by atoms with Crippen molar-refractivity contribution in [3.63, 3.8) is 0 Å². The first kappa shape index (κ1) is 7.98. The average Bonchev–Trinajstić information content (AvgIpc) is 2.67. The number of hydrogen-bond acceptors (Lipinski definition) is 2. The summed E-state index contributed by atoms with van der Waals surface area (Å²) in [5.41, 5.74) is 2.99. The van der Waals surface area contributed by atoms with Crippen LogP contribution >= 0.6 is 0 Å². The smallest absolute Gasteiger partial charge is 0.0939 e. The molecule has 0 bridgehead atoms. The Morgan fingerprint density at radius 3 is 3.00 bits per heavy atom. The Morgan fingerprint density at radius 2 is 2.38 bits per heavy atom. The molecule has 13 heavy (non-hydrogen) atoms. The largest absolute Gasteiger partial charge is 0.282 e. The van der Waals surface area contributed by atoms with Crippen LogP contribution in [0.4, 0.5) is 0 Å². The van der Waals surface area contributed by atoms with E-state index in [1.54, 1.807) is 12.4 Å². The Labute approximate surface area is 76.8 Å². The standard InChI is InChI=1S/C10H10N3/c1-2-9-6-10(13-12-9)8-4-3-5-11-7-8/h3-7H,1-2H2,(H,12,13). The van der Waals surface area contributed by atoms with Crippen molar-refractivity contribution in [3.8, 4) is 11.3 Å². The number of rotatable bonds is 2. The molecule has 0 spiro atoms. The van der Waals surface area contributed by atoms with Gasteiger partial charge in [-0.25, -0.2) is 0 Å². The molecule has 0 aliphatic rings. The van der Waals surface area contributed by atoms with Crippen molar-refractivity contribution in [1.29, 1.82) is 0 Å². The Kier molecular flexibility index (Phi) is 2.08. The molecule has 2 heterocycles. The highest BCUT2D eigenvalue weighted by Crippen LogP contribution is 2.15. The van der Waals surface area contributed by atoms with Crippen molar-refractivity contribution < 1.29 is 0 Å². The van der Waals surface area contributed by atoms with Gasteiger partial charge in [0.15, 0.2) is 0 Å². The van der Waals surface area contributed by atoms with E-state index in [1.807, 2.05) is 18.2 Å². The summed E-state index contributed by atoms with van der Waals surface area (Å²) in [7, 11) is 0. The van der Waals surface area contributed by atoms with Gasteiger partial charge in [0.05, 0.1) is 5.69 Å². The summed E-state index contributed by atoms with van der Waals surface area (Å²) in [5, 5.41) is 7.07. The number of nitrogens with one attached hydrogen (secondary N) is 1. The molecule has 0 atom stereocenters. The lowest BCUT2D eigenvalue weighted by molar-refractivity contribution is 1.01. The molecule has 2 aromatic rings. The van der Waals surface area contributed by atoms with Crippen LogP contribution in [0.1, 0.15) is 5.69 Å². The number of aromatic nitrogens is 3. The zero-order valence-electron chi connectivity index (χ0n) is 7.20. The summed E-state index contributed by atoms with van der Waals surface area (Å²) < 4.78 is 0. The van der Waals surface area contributed by atoms with E-state index in [9.17, 15) is 0 Å². The van der Waals surface area contributed by atoms with Crippen molar-refractivity contribution in [3.05, 3.63) is 43.2 Å². The van der Waals surface area contributed by atoms with Crippen LogP contribution in [0.25, 0.3) is 11.3 Å². The molecule has 0 amide bonds. The van der Waals surface area contributed by atoms with Crippen molar-refractivity contribution in [2.24, 2.45) is 0 Å². The van der Waals surface area contributed by atoms with Gasteiger partial charge in [0.2, 0.25) is 0 Å². The SMILES string of the molecule is [CH2]Cc1cc(-c2cccnc2)n[nH]1. The molecule has 0 saturated heterocycles.